The van der Waals surface area contributed by atoms with E-state index in [-0.39, 0.29) is 0 Å². The molecule has 0 amide bonds. The molecule has 1 N–H and O–H groups in total. The van der Waals surface area contributed by atoms with Gasteiger partial charge in [-0.05, 0) is 29.0 Å². The molecule has 1 aromatic heterocycles. The summed E-state index contributed by atoms with van der Waals surface area (Å²) in [5, 5.41) is 11.7. The predicted molar refractivity (Wildman–Crippen MR) is 78.2 cm³/mol. The second-order valence-electron chi connectivity index (χ2n) is 4.32. The first kappa shape index (κ1) is 11.3. The summed E-state index contributed by atoms with van der Waals surface area (Å²) in [5.74, 6) is 0. The standard InChI is InChI=1S/C17H12N2/c18-12-14(11-15-7-4-10-19-15)17-9-3-6-13-5-1-2-8-16(13)17/h1-11,19H/b14-11+. The van der Waals surface area contributed by atoms with E-state index in [2.05, 4.69) is 23.2 Å². The second-order valence-corrected chi connectivity index (χ2v) is 4.32. The van der Waals surface area contributed by atoms with Gasteiger partial charge in [0.1, 0.15) is 0 Å². The molecule has 2 nitrogen and oxygen atoms in total. The minimum absolute atomic E-state index is 0.666. The quantitative estimate of drug-likeness (QED) is 0.673. The molecular weight excluding hydrogens is 232 g/mol. The third kappa shape index (κ3) is 2.14. The van der Waals surface area contributed by atoms with E-state index in [0.29, 0.717) is 5.57 Å². The molecule has 90 valence electrons. The SMILES string of the molecule is N#C/C(=C\c1ccc[nH]1)c1cccc2ccccc12. The Morgan fingerprint density at radius 1 is 1.00 bits per heavy atom. The Labute approximate surface area is 111 Å². The van der Waals surface area contributed by atoms with Crippen LogP contribution in [0.4, 0.5) is 0 Å². The fraction of sp³-hybridized carbons (Fsp3) is 0. The highest BCUT2D eigenvalue weighted by atomic mass is 14.7. The van der Waals surface area contributed by atoms with Gasteiger partial charge >= 0.3 is 0 Å². The summed E-state index contributed by atoms with van der Waals surface area (Å²) in [7, 11) is 0. The first-order valence-electron chi connectivity index (χ1n) is 6.12. The molecule has 0 bridgehead atoms. The number of fused-ring (bicyclic) bond motifs is 1. The maximum absolute atomic E-state index is 9.41. The number of nitriles is 1. The van der Waals surface area contributed by atoms with Gasteiger partial charge in [-0.25, -0.2) is 0 Å². The van der Waals surface area contributed by atoms with Crippen LogP contribution in [0.25, 0.3) is 22.4 Å². The fourth-order valence-electron chi connectivity index (χ4n) is 2.22. The summed E-state index contributed by atoms with van der Waals surface area (Å²) < 4.78 is 0. The summed E-state index contributed by atoms with van der Waals surface area (Å²) in [5.41, 5.74) is 2.57. The molecule has 0 aliphatic carbocycles. The maximum Gasteiger partial charge on any atom is 0.0998 e. The maximum atomic E-state index is 9.41. The van der Waals surface area contributed by atoms with Gasteiger partial charge in [0, 0.05) is 17.5 Å². The van der Waals surface area contributed by atoms with E-state index in [1.54, 1.807) is 0 Å². The summed E-state index contributed by atoms with van der Waals surface area (Å²) in [6, 6.07) is 20.3. The lowest BCUT2D eigenvalue weighted by Gasteiger charge is -2.05. The third-order valence-electron chi connectivity index (χ3n) is 3.12. The highest BCUT2D eigenvalue weighted by Gasteiger charge is 2.05. The average molecular weight is 244 g/mol. The number of rotatable bonds is 2. The average Bonchev–Trinajstić information content (AvgIpc) is 2.97. The lowest BCUT2D eigenvalue weighted by molar-refractivity contribution is 1.38. The number of hydrogen-bond donors (Lipinski definition) is 1. The van der Waals surface area contributed by atoms with E-state index in [1.165, 1.54) is 0 Å². The summed E-state index contributed by atoms with van der Waals surface area (Å²) >= 11 is 0. The number of nitrogens with zero attached hydrogens (tertiary/aromatic N) is 1. The molecule has 2 aromatic carbocycles. The molecule has 3 rings (SSSR count). The van der Waals surface area contributed by atoms with E-state index in [4.69, 9.17) is 0 Å². The smallest absolute Gasteiger partial charge is 0.0998 e. The predicted octanol–water partition coefficient (Wildman–Crippen LogP) is 4.23. The molecule has 3 aromatic rings. The van der Waals surface area contributed by atoms with Crippen LogP contribution in [0.2, 0.25) is 0 Å². The van der Waals surface area contributed by atoms with Gasteiger partial charge in [0.05, 0.1) is 11.6 Å². The van der Waals surface area contributed by atoms with E-state index in [0.717, 1.165) is 22.0 Å². The highest BCUT2D eigenvalue weighted by Crippen LogP contribution is 2.25. The van der Waals surface area contributed by atoms with Gasteiger partial charge in [0.15, 0.2) is 0 Å². The summed E-state index contributed by atoms with van der Waals surface area (Å²) in [6.07, 6.45) is 3.73. The van der Waals surface area contributed by atoms with E-state index < -0.39 is 0 Å². The zero-order valence-electron chi connectivity index (χ0n) is 10.3. The zero-order valence-corrected chi connectivity index (χ0v) is 10.3. The lowest BCUT2D eigenvalue weighted by atomic mass is 9.98. The van der Waals surface area contributed by atoms with Crippen LogP contribution < -0.4 is 0 Å². The molecule has 0 spiro atoms. The van der Waals surface area contributed by atoms with Crippen LogP contribution >= 0.6 is 0 Å². The van der Waals surface area contributed by atoms with Crippen molar-refractivity contribution in [1.29, 1.82) is 5.26 Å². The van der Waals surface area contributed by atoms with E-state index in [1.807, 2.05) is 54.7 Å². The van der Waals surface area contributed by atoms with Crippen molar-refractivity contribution in [1.82, 2.24) is 4.98 Å². The molecule has 0 unspecified atom stereocenters. The second kappa shape index (κ2) is 4.83. The molecule has 2 heteroatoms. The number of H-pyrrole nitrogens is 1. The van der Waals surface area contributed by atoms with Gasteiger partial charge in [-0.15, -0.1) is 0 Å². The van der Waals surface area contributed by atoms with Gasteiger partial charge in [-0.2, -0.15) is 5.26 Å². The molecule has 0 aliphatic rings. The van der Waals surface area contributed by atoms with Crippen LogP contribution in [0, 0.1) is 11.3 Å². The normalized spacial score (nSPS) is 11.4. The van der Waals surface area contributed by atoms with Crippen molar-refractivity contribution >= 4 is 22.4 Å². The number of benzene rings is 2. The Bertz CT molecular complexity index is 769. The molecule has 0 saturated carbocycles. The van der Waals surface area contributed by atoms with Gasteiger partial charge in [-0.1, -0.05) is 42.5 Å². The number of aromatic amines is 1. The molecule has 19 heavy (non-hydrogen) atoms. The monoisotopic (exact) mass is 244 g/mol. The minimum atomic E-state index is 0.666. The number of aromatic nitrogens is 1. The van der Waals surface area contributed by atoms with Crippen LogP contribution in [0.15, 0.2) is 60.8 Å². The van der Waals surface area contributed by atoms with Gasteiger partial charge in [-0.3, -0.25) is 0 Å². The topological polar surface area (TPSA) is 39.6 Å². The Hall–Kier alpha value is -2.79. The first-order chi connectivity index (χ1) is 9.38. The lowest BCUT2D eigenvalue weighted by Crippen LogP contribution is -1.85. The van der Waals surface area contributed by atoms with Crippen LogP contribution in [-0.2, 0) is 0 Å². The largest absolute Gasteiger partial charge is 0.362 e. The number of hydrogen-bond acceptors (Lipinski definition) is 1. The van der Waals surface area contributed by atoms with E-state index in [9.17, 15) is 5.26 Å². The Morgan fingerprint density at radius 2 is 1.84 bits per heavy atom. The van der Waals surface area contributed by atoms with Gasteiger partial charge < -0.3 is 4.98 Å². The number of allylic oxidation sites excluding steroid dienone is 1. The van der Waals surface area contributed by atoms with Crippen LogP contribution in [0.3, 0.4) is 0 Å². The molecule has 0 aliphatic heterocycles. The van der Waals surface area contributed by atoms with Crippen LogP contribution in [0.5, 0.6) is 0 Å². The van der Waals surface area contributed by atoms with Crippen molar-refractivity contribution in [3.63, 3.8) is 0 Å². The fourth-order valence-corrected chi connectivity index (χ4v) is 2.22. The van der Waals surface area contributed by atoms with Crippen molar-refractivity contribution in [2.24, 2.45) is 0 Å². The Kier molecular flexibility index (Phi) is 2.88. The molecule has 0 saturated heterocycles. The highest BCUT2D eigenvalue weighted by molar-refractivity contribution is 6.01. The zero-order chi connectivity index (χ0) is 13.1. The van der Waals surface area contributed by atoms with Crippen molar-refractivity contribution in [2.45, 2.75) is 0 Å². The van der Waals surface area contributed by atoms with Gasteiger partial charge in [0.2, 0.25) is 0 Å². The Balaban J connectivity index is 2.20. The molecular formula is C17H12N2. The number of nitrogens with one attached hydrogen (secondary N) is 1. The minimum Gasteiger partial charge on any atom is -0.362 e. The van der Waals surface area contributed by atoms with Crippen molar-refractivity contribution < 1.29 is 0 Å². The van der Waals surface area contributed by atoms with Crippen LogP contribution in [0.1, 0.15) is 11.3 Å². The Morgan fingerprint density at radius 3 is 2.63 bits per heavy atom. The molecule has 0 radical (unpaired) electrons. The molecule has 0 atom stereocenters. The van der Waals surface area contributed by atoms with Gasteiger partial charge in [0.25, 0.3) is 0 Å². The van der Waals surface area contributed by atoms with Crippen LogP contribution in [-0.4, -0.2) is 4.98 Å². The van der Waals surface area contributed by atoms with Crippen molar-refractivity contribution in [3.05, 3.63) is 72.1 Å². The summed E-state index contributed by atoms with van der Waals surface area (Å²) in [4.78, 5) is 3.09. The third-order valence-corrected chi connectivity index (χ3v) is 3.12. The first-order valence-corrected chi connectivity index (χ1v) is 6.12. The molecule has 0 fully saturated rings. The molecule has 1 heterocycles. The van der Waals surface area contributed by atoms with Crippen molar-refractivity contribution in [3.8, 4) is 6.07 Å². The van der Waals surface area contributed by atoms with E-state index >= 15 is 0 Å². The van der Waals surface area contributed by atoms with Crippen molar-refractivity contribution in [2.75, 3.05) is 0 Å². The summed E-state index contributed by atoms with van der Waals surface area (Å²) in [6.45, 7) is 0.